The Morgan fingerprint density at radius 3 is 2.42 bits per heavy atom. The van der Waals surface area contributed by atoms with Gasteiger partial charge in [-0.3, -0.25) is 10.4 Å². The SMILES string of the molecule is Cc1ccc2c(c1)C(c1c(F)cccc1F)=NCc1cnc(Nc3ccc(C(=N)N4CC(N(C)C)C4)cc3)nc1-2. The normalized spacial score (nSPS) is 14.7. The summed E-state index contributed by atoms with van der Waals surface area (Å²) in [4.78, 5) is 18.2. The number of benzene rings is 3. The first kappa shape index (κ1) is 25.8. The fraction of sp³-hybridized carbons (Fsp3) is 0.226. The van der Waals surface area contributed by atoms with Crippen LogP contribution in [0.3, 0.4) is 0 Å². The fourth-order valence-corrected chi connectivity index (χ4v) is 5.05. The van der Waals surface area contributed by atoms with E-state index in [2.05, 4.69) is 39.2 Å². The molecule has 2 aliphatic heterocycles. The quantitative estimate of drug-likeness (QED) is 0.263. The van der Waals surface area contributed by atoms with Crippen LogP contribution >= 0.6 is 0 Å². The largest absolute Gasteiger partial charge is 0.353 e. The first-order valence-electron chi connectivity index (χ1n) is 13.1. The predicted octanol–water partition coefficient (Wildman–Crippen LogP) is 5.40. The van der Waals surface area contributed by atoms with Crippen LogP contribution in [0.2, 0.25) is 0 Å². The second kappa shape index (κ2) is 10.2. The van der Waals surface area contributed by atoms with Crippen LogP contribution < -0.4 is 5.32 Å². The highest BCUT2D eigenvalue weighted by Crippen LogP contribution is 2.34. The summed E-state index contributed by atoms with van der Waals surface area (Å²) in [5.74, 6) is -0.410. The van der Waals surface area contributed by atoms with Crippen LogP contribution in [0.25, 0.3) is 11.3 Å². The summed E-state index contributed by atoms with van der Waals surface area (Å²) in [5, 5.41) is 11.8. The van der Waals surface area contributed by atoms with Gasteiger partial charge in [-0.15, -0.1) is 0 Å². The minimum atomic E-state index is -0.659. The molecule has 0 amide bonds. The van der Waals surface area contributed by atoms with Crippen LogP contribution in [-0.2, 0) is 6.54 Å². The molecule has 9 heteroatoms. The van der Waals surface area contributed by atoms with Crippen LogP contribution in [0.1, 0.15) is 27.8 Å². The Labute approximate surface area is 231 Å². The Kier molecular flexibility index (Phi) is 6.59. The first-order valence-corrected chi connectivity index (χ1v) is 13.1. The van der Waals surface area contributed by atoms with Gasteiger partial charge in [0.2, 0.25) is 5.95 Å². The van der Waals surface area contributed by atoms with E-state index in [1.165, 1.54) is 18.2 Å². The van der Waals surface area contributed by atoms with E-state index in [-0.39, 0.29) is 17.8 Å². The Bertz CT molecular complexity index is 1620. The second-order valence-corrected chi connectivity index (χ2v) is 10.5. The molecule has 202 valence electrons. The number of amidine groups is 1. The zero-order chi connectivity index (χ0) is 28.0. The molecule has 4 aromatic rings. The molecular formula is C31H29F2N7. The predicted molar refractivity (Wildman–Crippen MR) is 154 cm³/mol. The summed E-state index contributed by atoms with van der Waals surface area (Å²) < 4.78 is 29.6. The van der Waals surface area contributed by atoms with E-state index < -0.39 is 11.6 Å². The number of rotatable bonds is 5. The molecule has 6 rings (SSSR count). The molecule has 0 spiro atoms. The van der Waals surface area contributed by atoms with Gasteiger partial charge in [0, 0.05) is 53.3 Å². The average Bonchev–Trinajstić information content (AvgIpc) is 3.04. The van der Waals surface area contributed by atoms with Gasteiger partial charge in [0.05, 0.1) is 23.5 Å². The van der Waals surface area contributed by atoms with Crippen LogP contribution in [0.4, 0.5) is 20.4 Å². The molecular weight excluding hydrogens is 508 g/mol. The molecule has 0 aliphatic carbocycles. The van der Waals surface area contributed by atoms with Gasteiger partial charge in [-0.25, -0.2) is 18.7 Å². The van der Waals surface area contributed by atoms with E-state index in [0.717, 1.165) is 41.0 Å². The van der Waals surface area contributed by atoms with Gasteiger partial charge in [-0.05, 0) is 63.5 Å². The summed E-state index contributed by atoms with van der Waals surface area (Å²) in [6.45, 7) is 3.82. The third kappa shape index (κ3) is 4.73. The first-order chi connectivity index (χ1) is 19.3. The van der Waals surface area contributed by atoms with Crippen molar-refractivity contribution in [2.45, 2.75) is 19.5 Å². The standard InChI is InChI=1S/C31H29F2N7/c1-18-7-12-23-24(13-18)29(27-25(32)5-4-6-26(27)33)35-14-20-15-36-31(38-28(20)23)37-21-10-8-19(9-11-21)30(34)40-16-22(17-40)39(2)3/h4-13,15,22,34H,14,16-17H2,1-3H3,(H,36,37,38). The summed E-state index contributed by atoms with van der Waals surface area (Å²) in [6.07, 6.45) is 1.70. The highest BCUT2D eigenvalue weighted by Gasteiger charge is 2.30. The number of aryl methyl sites for hydroxylation is 1. The molecule has 3 aromatic carbocycles. The molecule has 1 saturated heterocycles. The number of anilines is 2. The summed E-state index contributed by atoms with van der Waals surface area (Å²) in [5.41, 5.74) is 5.48. The number of likely N-dealkylation sites (tertiary alicyclic amines) is 1. The monoisotopic (exact) mass is 537 g/mol. The minimum absolute atomic E-state index is 0.144. The Hall–Kier alpha value is -4.50. The molecule has 0 saturated carbocycles. The molecule has 0 unspecified atom stereocenters. The maximum atomic E-state index is 14.8. The second-order valence-electron chi connectivity index (χ2n) is 10.5. The van der Waals surface area contributed by atoms with Gasteiger partial charge in [0.1, 0.15) is 17.5 Å². The van der Waals surface area contributed by atoms with Gasteiger partial charge < -0.3 is 15.1 Å². The van der Waals surface area contributed by atoms with E-state index in [1.807, 2.05) is 49.4 Å². The number of aliphatic imine (C=N–C) groups is 1. The third-order valence-electron chi connectivity index (χ3n) is 7.48. The van der Waals surface area contributed by atoms with Crippen molar-refractivity contribution in [3.63, 3.8) is 0 Å². The van der Waals surface area contributed by atoms with Gasteiger partial charge in [-0.1, -0.05) is 23.8 Å². The maximum absolute atomic E-state index is 14.8. The maximum Gasteiger partial charge on any atom is 0.227 e. The van der Waals surface area contributed by atoms with Crippen molar-refractivity contribution in [2.24, 2.45) is 4.99 Å². The van der Waals surface area contributed by atoms with E-state index in [1.54, 1.807) is 6.20 Å². The molecule has 0 bridgehead atoms. The molecule has 7 nitrogen and oxygen atoms in total. The number of nitrogens with zero attached hydrogens (tertiary/aromatic N) is 5. The average molecular weight is 538 g/mol. The van der Waals surface area contributed by atoms with Crippen molar-refractivity contribution >= 4 is 23.2 Å². The Morgan fingerprint density at radius 1 is 1.00 bits per heavy atom. The van der Waals surface area contributed by atoms with Crippen molar-refractivity contribution < 1.29 is 8.78 Å². The Balaban J connectivity index is 1.28. The molecule has 1 fully saturated rings. The highest BCUT2D eigenvalue weighted by molar-refractivity contribution is 6.17. The van der Waals surface area contributed by atoms with Crippen LogP contribution in [-0.4, -0.2) is 64.5 Å². The molecule has 2 aliphatic rings. The zero-order valence-electron chi connectivity index (χ0n) is 22.5. The molecule has 40 heavy (non-hydrogen) atoms. The van der Waals surface area contributed by atoms with E-state index in [0.29, 0.717) is 29.1 Å². The van der Waals surface area contributed by atoms with E-state index in [4.69, 9.17) is 10.4 Å². The van der Waals surface area contributed by atoms with Crippen molar-refractivity contribution in [3.05, 3.63) is 106 Å². The summed E-state index contributed by atoms with van der Waals surface area (Å²) in [7, 11) is 4.12. The number of halogens is 2. The number of hydrogen-bond acceptors (Lipinski definition) is 6. The number of likely N-dealkylation sites (N-methyl/N-ethyl adjacent to an activating group) is 1. The zero-order valence-corrected chi connectivity index (χ0v) is 22.5. The number of nitrogens with one attached hydrogen (secondary N) is 2. The fourth-order valence-electron chi connectivity index (χ4n) is 5.05. The van der Waals surface area contributed by atoms with Crippen molar-refractivity contribution in [3.8, 4) is 11.3 Å². The van der Waals surface area contributed by atoms with Crippen molar-refractivity contribution in [1.82, 2.24) is 19.8 Å². The smallest absolute Gasteiger partial charge is 0.227 e. The lowest BCUT2D eigenvalue weighted by Gasteiger charge is -2.44. The lowest BCUT2D eigenvalue weighted by molar-refractivity contribution is 0.124. The van der Waals surface area contributed by atoms with Gasteiger partial charge in [0.25, 0.3) is 0 Å². The van der Waals surface area contributed by atoms with E-state index >= 15 is 0 Å². The number of fused-ring (bicyclic) bond motifs is 3. The topological polar surface area (TPSA) is 80.5 Å². The Morgan fingerprint density at radius 2 is 1.73 bits per heavy atom. The number of aromatic nitrogens is 2. The number of hydrogen-bond donors (Lipinski definition) is 2. The van der Waals surface area contributed by atoms with Gasteiger partial charge in [0.15, 0.2) is 0 Å². The van der Waals surface area contributed by atoms with Gasteiger partial charge in [-0.2, -0.15) is 0 Å². The lowest BCUT2D eigenvalue weighted by Crippen LogP contribution is -2.59. The van der Waals surface area contributed by atoms with Gasteiger partial charge >= 0.3 is 0 Å². The molecule has 0 atom stereocenters. The molecule has 2 N–H and O–H groups in total. The van der Waals surface area contributed by atoms with Crippen molar-refractivity contribution in [2.75, 3.05) is 32.5 Å². The summed E-state index contributed by atoms with van der Waals surface area (Å²) in [6, 6.07) is 17.7. The molecule has 1 aromatic heterocycles. The summed E-state index contributed by atoms with van der Waals surface area (Å²) >= 11 is 0. The van der Waals surface area contributed by atoms with E-state index in [9.17, 15) is 8.78 Å². The highest BCUT2D eigenvalue weighted by atomic mass is 19.1. The van der Waals surface area contributed by atoms with Crippen LogP contribution in [0, 0.1) is 24.0 Å². The molecule has 0 radical (unpaired) electrons. The third-order valence-corrected chi connectivity index (χ3v) is 7.48. The van der Waals surface area contributed by atoms with Crippen molar-refractivity contribution in [1.29, 1.82) is 5.41 Å². The lowest BCUT2D eigenvalue weighted by atomic mass is 9.93. The van der Waals surface area contributed by atoms with Crippen LogP contribution in [0.5, 0.6) is 0 Å². The minimum Gasteiger partial charge on any atom is -0.353 e. The molecule has 3 heterocycles. The van der Waals surface area contributed by atoms with Crippen LogP contribution in [0.15, 0.2) is 71.9 Å².